The first-order chi connectivity index (χ1) is 10.3. The average molecular weight is 280 g/mol. The fourth-order valence-electron chi connectivity index (χ4n) is 2.47. The minimum atomic E-state index is -0.292. The van der Waals surface area contributed by atoms with Crippen LogP contribution in [0.25, 0.3) is 5.70 Å². The van der Waals surface area contributed by atoms with Gasteiger partial charge in [0.2, 0.25) is 0 Å². The van der Waals surface area contributed by atoms with Crippen molar-refractivity contribution in [2.45, 2.75) is 6.04 Å². The standard InChI is InChI=1S/C17H16N2O2/c1-21-16-14(12-8-4-2-5-9-12)18-17(20)19-15(16)13-10-6-3-7-11-13/h2-11,14H,1H3,(H2,18,19,20). The number of carbonyl (C=O) groups is 1. The van der Waals surface area contributed by atoms with E-state index >= 15 is 0 Å². The first-order valence-electron chi connectivity index (χ1n) is 6.75. The summed E-state index contributed by atoms with van der Waals surface area (Å²) in [5.41, 5.74) is 2.61. The Balaban J connectivity index is 2.10. The molecule has 1 aliphatic rings. The molecule has 2 aromatic carbocycles. The number of nitrogens with one attached hydrogen (secondary N) is 2. The van der Waals surface area contributed by atoms with Crippen molar-refractivity contribution >= 4 is 11.7 Å². The molecule has 4 nitrogen and oxygen atoms in total. The van der Waals surface area contributed by atoms with Crippen molar-refractivity contribution in [1.29, 1.82) is 0 Å². The molecule has 0 saturated carbocycles. The van der Waals surface area contributed by atoms with Crippen LogP contribution >= 0.6 is 0 Å². The molecular weight excluding hydrogens is 264 g/mol. The Bertz CT molecular complexity index is 666. The minimum absolute atomic E-state index is 0.233. The number of amides is 2. The normalized spacial score (nSPS) is 18.0. The van der Waals surface area contributed by atoms with Gasteiger partial charge in [-0.2, -0.15) is 0 Å². The van der Waals surface area contributed by atoms with Gasteiger partial charge in [0.1, 0.15) is 11.8 Å². The van der Waals surface area contributed by atoms with E-state index in [1.165, 1.54) is 0 Å². The van der Waals surface area contributed by atoms with Crippen molar-refractivity contribution in [2.24, 2.45) is 0 Å². The van der Waals surface area contributed by atoms with Crippen molar-refractivity contribution in [2.75, 3.05) is 7.11 Å². The van der Waals surface area contributed by atoms with E-state index in [0.29, 0.717) is 11.5 Å². The molecule has 2 amide bonds. The highest BCUT2D eigenvalue weighted by Crippen LogP contribution is 2.30. The molecule has 0 aliphatic carbocycles. The van der Waals surface area contributed by atoms with Crippen LogP contribution in [0.3, 0.4) is 0 Å². The quantitative estimate of drug-likeness (QED) is 0.908. The number of methoxy groups -OCH3 is 1. The van der Waals surface area contributed by atoms with E-state index in [-0.39, 0.29) is 12.1 Å². The van der Waals surface area contributed by atoms with Crippen LogP contribution in [0, 0.1) is 0 Å². The molecule has 4 heteroatoms. The van der Waals surface area contributed by atoms with Crippen LogP contribution < -0.4 is 10.6 Å². The lowest BCUT2D eigenvalue weighted by atomic mass is 9.99. The second-order valence-electron chi connectivity index (χ2n) is 4.75. The molecule has 0 fully saturated rings. The van der Waals surface area contributed by atoms with Crippen LogP contribution in [0.1, 0.15) is 17.2 Å². The summed E-state index contributed by atoms with van der Waals surface area (Å²) in [4.78, 5) is 12.0. The highest BCUT2D eigenvalue weighted by molar-refractivity contribution is 5.89. The van der Waals surface area contributed by atoms with Crippen LogP contribution in [0.5, 0.6) is 0 Å². The lowest BCUT2D eigenvalue weighted by Crippen LogP contribution is -2.43. The Morgan fingerprint density at radius 3 is 2.19 bits per heavy atom. The lowest BCUT2D eigenvalue weighted by molar-refractivity contribution is 0.219. The van der Waals surface area contributed by atoms with Gasteiger partial charge in [-0.05, 0) is 5.56 Å². The Morgan fingerprint density at radius 1 is 0.952 bits per heavy atom. The van der Waals surface area contributed by atoms with Gasteiger partial charge < -0.3 is 15.4 Å². The number of rotatable bonds is 3. The largest absolute Gasteiger partial charge is 0.496 e. The van der Waals surface area contributed by atoms with Gasteiger partial charge in [0.15, 0.2) is 0 Å². The molecule has 2 N–H and O–H groups in total. The first kappa shape index (κ1) is 13.2. The maximum Gasteiger partial charge on any atom is 0.320 e. The fourth-order valence-corrected chi connectivity index (χ4v) is 2.47. The van der Waals surface area contributed by atoms with Crippen LogP contribution in [-0.2, 0) is 4.74 Å². The van der Waals surface area contributed by atoms with Crippen LogP contribution in [0.15, 0.2) is 66.4 Å². The smallest absolute Gasteiger partial charge is 0.320 e. The summed E-state index contributed by atoms with van der Waals surface area (Å²) in [6.45, 7) is 0. The Morgan fingerprint density at radius 2 is 1.57 bits per heavy atom. The highest BCUT2D eigenvalue weighted by Gasteiger charge is 2.29. The second-order valence-corrected chi connectivity index (χ2v) is 4.75. The van der Waals surface area contributed by atoms with Crippen molar-refractivity contribution < 1.29 is 9.53 Å². The Hall–Kier alpha value is -2.75. The molecule has 2 aromatic rings. The van der Waals surface area contributed by atoms with Gasteiger partial charge in [0.25, 0.3) is 0 Å². The fraction of sp³-hybridized carbons (Fsp3) is 0.118. The number of hydrogen-bond donors (Lipinski definition) is 2. The van der Waals surface area contributed by atoms with Crippen molar-refractivity contribution in [1.82, 2.24) is 10.6 Å². The number of ether oxygens (including phenoxy) is 1. The molecule has 1 aliphatic heterocycles. The number of hydrogen-bond acceptors (Lipinski definition) is 2. The van der Waals surface area contributed by atoms with Crippen LogP contribution in [-0.4, -0.2) is 13.1 Å². The molecule has 1 unspecified atom stereocenters. The molecule has 1 atom stereocenters. The number of benzene rings is 2. The number of carbonyl (C=O) groups excluding carboxylic acids is 1. The molecule has 0 saturated heterocycles. The molecule has 106 valence electrons. The monoisotopic (exact) mass is 280 g/mol. The van der Waals surface area contributed by atoms with Crippen molar-refractivity contribution in [3.8, 4) is 0 Å². The summed E-state index contributed by atoms with van der Waals surface area (Å²) in [6, 6.07) is 18.9. The molecule has 21 heavy (non-hydrogen) atoms. The third-order valence-corrected chi connectivity index (χ3v) is 3.44. The minimum Gasteiger partial charge on any atom is -0.496 e. The maximum atomic E-state index is 12.0. The molecule has 1 heterocycles. The van der Waals surface area contributed by atoms with Gasteiger partial charge in [-0.25, -0.2) is 4.79 Å². The molecule has 0 bridgehead atoms. The SMILES string of the molecule is COC1=C(c2ccccc2)NC(=O)NC1c1ccccc1. The molecule has 0 radical (unpaired) electrons. The lowest BCUT2D eigenvalue weighted by Gasteiger charge is -2.29. The van der Waals surface area contributed by atoms with Gasteiger partial charge >= 0.3 is 6.03 Å². The summed E-state index contributed by atoms with van der Waals surface area (Å²) in [5, 5.41) is 5.74. The molecule has 0 aromatic heterocycles. The summed E-state index contributed by atoms with van der Waals surface area (Å²) in [7, 11) is 1.62. The van der Waals surface area contributed by atoms with E-state index < -0.39 is 0 Å². The predicted octanol–water partition coefficient (Wildman–Crippen LogP) is 3.06. The van der Waals surface area contributed by atoms with Crippen molar-refractivity contribution in [3.63, 3.8) is 0 Å². The zero-order valence-electron chi connectivity index (χ0n) is 11.7. The second kappa shape index (κ2) is 5.71. The van der Waals surface area contributed by atoms with Gasteiger partial charge in [0, 0.05) is 5.56 Å². The summed E-state index contributed by atoms with van der Waals surface area (Å²) in [6.07, 6.45) is 0. The van der Waals surface area contributed by atoms with E-state index in [1.54, 1.807) is 7.11 Å². The summed E-state index contributed by atoms with van der Waals surface area (Å²) >= 11 is 0. The van der Waals surface area contributed by atoms with Gasteiger partial charge in [-0.3, -0.25) is 0 Å². The van der Waals surface area contributed by atoms with E-state index in [9.17, 15) is 4.79 Å². The summed E-state index contributed by atoms with van der Waals surface area (Å²) in [5.74, 6) is 0.701. The van der Waals surface area contributed by atoms with Crippen molar-refractivity contribution in [3.05, 3.63) is 77.5 Å². The highest BCUT2D eigenvalue weighted by atomic mass is 16.5. The predicted molar refractivity (Wildman–Crippen MR) is 81.2 cm³/mol. The third kappa shape index (κ3) is 2.60. The zero-order chi connectivity index (χ0) is 14.7. The molecule has 0 spiro atoms. The third-order valence-electron chi connectivity index (χ3n) is 3.44. The van der Waals surface area contributed by atoms with Gasteiger partial charge in [-0.15, -0.1) is 0 Å². The van der Waals surface area contributed by atoms with Gasteiger partial charge in [0.05, 0.1) is 12.8 Å². The molecule has 3 rings (SSSR count). The van der Waals surface area contributed by atoms with E-state index in [2.05, 4.69) is 10.6 Å². The van der Waals surface area contributed by atoms with E-state index in [1.807, 2.05) is 60.7 Å². The first-order valence-corrected chi connectivity index (χ1v) is 6.75. The van der Waals surface area contributed by atoms with Gasteiger partial charge in [-0.1, -0.05) is 60.7 Å². The Labute approximate surface area is 123 Å². The number of urea groups is 1. The topological polar surface area (TPSA) is 50.4 Å². The van der Waals surface area contributed by atoms with E-state index in [4.69, 9.17) is 4.74 Å². The summed E-state index contributed by atoms with van der Waals surface area (Å²) < 4.78 is 5.58. The Kier molecular flexibility index (Phi) is 3.60. The average Bonchev–Trinajstić information content (AvgIpc) is 2.55. The van der Waals surface area contributed by atoms with Crippen LogP contribution in [0.2, 0.25) is 0 Å². The van der Waals surface area contributed by atoms with Crippen LogP contribution in [0.4, 0.5) is 4.79 Å². The molecular formula is C17H16N2O2. The van der Waals surface area contributed by atoms with E-state index in [0.717, 1.165) is 11.1 Å². The maximum absolute atomic E-state index is 12.0. The zero-order valence-corrected chi connectivity index (χ0v) is 11.7.